The van der Waals surface area contributed by atoms with Crippen LogP contribution in [0.3, 0.4) is 0 Å². The Bertz CT molecular complexity index is 544. The largest absolute Gasteiger partial charge is 0.256 e. The molecule has 13 heavy (non-hydrogen) atoms. The molecule has 0 unspecified atom stereocenters. The van der Waals surface area contributed by atoms with Crippen molar-refractivity contribution in [2.24, 2.45) is 5.14 Å². The van der Waals surface area contributed by atoms with Crippen LogP contribution < -0.4 is 5.14 Å². The highest BCUT2D eigenvalue weighted by atomic mass is 32.2. The molecular weight excluding hydrogens is 208 g/mol. The number of aromatic nitrogens is 1. The third kappa shape index (κ3) is 1.43. The van der Waals surface area contributed by atoms with Crippen molar-refractivity contribution in [2.45, 2.75) is 5.03 Å². The summed E-state index contributed by atoms with van der Waals surface area (Å²) in [5.74, 6) is 0. The van der Waals surface area contributed by atoms with Crippen LogP contribution in [-0.2, 0) is 10.0 Å². The zero-order chi connectivity index (χ0) is 9.47. The highest BCUT2D eigenvalue weighted by molar-refractivity contribution is 7.89. The number of hydrogen-bond acceptors (Lipinski definition) is 4. The summed E-state index contributed by atoms with van der Waals surface area (Å²) in [6, 6.07) is 3.46. The van der Waals surface area contributed by atoms with Crippen LogP contribution in [0.15, 0.2) is 28.7 Å². The van der Waals surface area contributed by atoms with E-state index in [1.54, 1.807) is 17.5 Å². The average molecular weight is 214 g/mol. The molecule has 0 aromatic carbocycles. The van der Waals surface area contributed by atoms with Crippen molar-refractivity contribution in [3.63, 3.8) is 0 Å². The summed E-state index contributed by atoms with van der Waals surface area (Å²) < 4.78 is 23.0. The van der Waals surface area contributed by atoms with E-state index in [1.165, 1.54) is 17.5 Å². The Kier molecular flexibility index (Phi) is 1.83. The minimum atomic E-state index is -3.70. The highest BCUT2D eigenvalue weighted by Crippen LogP contribution is 2.24. The maximum atomic E-state index is 11.1. The van der Waals surface area contributed by atoms with E-state index in [0.29, 0.717) is 5.39 Å². The first-order valence-electron chi connectivity index (χ1n) is 3.44. The number of primary sulfonamides is 1. The molecule has 2 aromatic rings. The summed E-state index contributed by atoms with van der Waals surface area (Å²) >= 11 is 1.46. The van der Waals surface area contributed by atoms with Crippen molar-refractivity contribution in [3.05, 3.63) is 23.7 Å². The number of nitrogens with zero attached hydrogens (tertiary/aromatic N) is 1. The van der Waals surface area contributed by atoms with E-state index in [1.807, 2.05) is 0 Å². The molecular formula is C7H6N2O2S2. The van der Waals surface area contributed by atoms with E-state index >= 15 is 0 Å². The molecule has 4 nitrogen and oxygen atoms in total. The molecule has 0 fully saturated rings. The average Bonchev–Trinajstić information content (AvgIpc) is 2.48. The molecule has 0 atom stereocenters. The lowest BCUT2D eigenvalue weighted by molar-refractivity contribution is 0.595. The second-order valence-electron chi connectivity index (χ2n) is 2.49. The Morgan fingerprint density at radius 1 is 1.38 bits per heavy atom. The van der Waals surface area contributed by atoms with E-state index in [0.717, 1.165) is 4.70 Å². The van der Waals surface area contributed by atoms with Gasteiger partial charge < -0.3 is 0 Å². The lowest BCUT2D eigenvalue weighted by Crippen LogP contribution is -2.13. The molecule has 2 heterocycles. The summed E-state index contributed by atoms with van der Waals surface area (Å²) in [5.41, 5.74) is 0. The molecule has 0 saturated carbocycles. The van der Waals surface area contributed by atoms with Gasteiger partial charge in [0.05, 0.1) is 0 Å². The molecule has 0 aliphatic carbocycles. The standard InChI is InChI=1S/C7H6N2O2S2/c8-13(10,11)7-5-2-4-12-6(5)1-3-9-7/h1-4H,(H2,8,10,11). The van der Waals surface area contributed by atoms with Crippen LogP contribution in [0, 0.1) is 0 Å². The van der Waals surface area contributed by atoms with Crippen LogP contribution in [0.25, 0.3) is 10.1 Å². The van der Waals surface area contributed by atoms with Gasteiger partial charge in [-0.25, -0.2) is 18.5 Å². The molecule has 6 heteroatoms. The molecule has 68 valence electrons. The summed E-state index contributed by atoms with van der Waals surface area (Å²) in [7, 11) is -3.70. The van der Waals surface area contributed by atoms with Gasteiger partial charge in [0.2, 0.25) is 0 Å². The van der Waals surface area contributed by atoms with Crippen molar-refractivity contribution in [2.75, 3.05) is 0 Å². The first kappa shape index (κ1) is 8.61. The topological polar surface area (TPSA) is 73.1 Å². The number of nitrogens with two attached hydrogens (primary N) is 1. The van der Waals surface area contributed by atoms with Crippen LogP contribution in [-0.4, -0.2) is 13.4 Å². The predicted molar refractivity (Wildman–Crippen MR) is 51.0 cm³/mol. The number of sulfonamides is 1. The van der Waals surface area contributed by atoms with E-state index < -0.39 is 10.0 Å². The fourth-order valence-electron chi connectivity index (χ4n) is 1.10. The van der Waals surface area contributed by atoms with Crippen molar-refractivity contribution in [1.82, 2.24) is 4.98 Å². The Balaban J connectivity index is 2.91. The molecule has 0 bridgehead atoms. The molecule has 2 rings (SSSR count). The minimum absolute atomic E-state index is 0.0498. The molecule has 0 aliphatic rings. The molecule has 0 aliphatic heterocycles. The first-order valence-corrected chi connectivity index (χ1v) is 5.86. The number of thiophene rings is 1. The summed E-state index contributed by atoms with van der Waals surface area (Å²) in [4.78, 5) is 3.74. The smallest absolute Gasteiger partial charge is 0.243 e. The molecule has 0 radical (unpaired) electrons. The van der Waals surface area contributed by atoms with Gasteiger partial charge in [0.25, 0.3) is 10.0 Å². The monoisotopic (exact) mass is 214 g/mol. The SMILES string of the molecule is NS(=O)(=O)c1nccc2sccc12. The number of pyridine rings is 1. The van der Waals surface area contributed by atoms with Crippen LogP contribution >= 0.6 is 11.3 Å². The van der Waals surface area contributed by atoms with E-state index in [4.69, 9.17) is 5.14 Å². The first-order chi connectivity index (χ1) is 6.09. The van der Waals surface area contributed by atoms with Gasteiger partial charge in [-0.15, -0.1) is 11.3 Å². The number of fused-ring (bicyclic) bond motifs is 1. The van der Waals surface area contributed by atoms with Crippen LogP contribution in [0.4, 0.5) is 0 Å². The van der Waals surface area contributed by atoms with Crippen LogP contribution in [0.2, 0.25) is 0 Å². The Hall–Kier alpha value is -0.980. The minimum Gasteiger partial charge on any atom is -0.243 e. The van der Waals surface area contributed by atoms with Gasteiger partial charge >= 0.3 is 0 Å². The lowest BCUT2D eigenvalue weighted by atomic mass is 10.3. The highest BCUT2D eigenvalue weighted by Gasteiger charge is 2.13. The number of rotatable bonds is 1. The van der Waals surface area contributed by atoms with Crippen molar-refractivity contribution in [3.8, 4) is 0 Å². The third-order valence-electron chi connectivity index (χ3n) is 1.61. The van der Waals surface area contributed by atoms with E-state index in [2.05, 4.69) is 4.98 Å². The second kappa shape index (κ2) is 2.76. The molecule has 2 aromatic heterocycles. The molecule has 2 N–H and O–H groups in total. The second-order valence-corrected chi connectivity index (χ2v) is 4.92. The van der Waals surface area contributed by atoms with Gasteiger partial charge in [-0.3, -0.25) is 0 Å². The van der Waals surface area contributed by atoms with Gasteiger partial charge in [-0.05, 0) is 17.5 Å². The maximum absolute atomic E-state index is 11.1. The fraction of sp³-hybridized carbons (Fsp3) is 0. The Morgan fingerprint density at radius 2 is 2.15 bits per heavy atom. The predicted octanol–water partition coefficient (Wildman–Crippen LogP) is 0.944. The van der Waals surface area contributed by atoms with E-state index in [9.17, 15) is 8.42 Å². The van der Waals surface area contributed by atoms with Gasteiger partial charge in [-0.1, -0.05) is 0 Å². The molecule has 0 amide bonds. The zero-order valence-electron chi connectivity index (χ0n) is 6.47. The van der Waals surface area contributed by atoms with E-state index in [-0.39, 0.29) is 5.03 Å². The van der Waals surface area contributed by atoms with Gasteiger partial charge in [0.15, 0.2) is 5.03 Å². The van der Waals surface area contributed by atoms with Gasteiger partial charge in [-0.2, -0.15) is 0 Å². The van der Waals surface area contributed by atoms with Crippen LogP contribution in [0.5, 0.6) is 0 Å². The summed E-state index contributed by atoms with van der Waals surface area (Å²) in [5, 5.41) is 7.35. The van der Waals surface area contributed by atoms with Crippen molar-refractivity contribution >= 4 is 31.4 Å². The van der Waals surface area contributed by atoms with Gasteiger partial charge in [0.1, 0.15) is 0 Å². The summed E-state index contributed by atoms with van der Waals surface area (Å²) in [6.07, 6.45) is 1.44. The Labute approximate surface area is 79.1 Å². The third-order valence-corrected chi connectivity index (χ3v) is 3.36. The Morgan fingerprint density at radius 3 is 2.85 bits per heavy atom. The molecule has 0 saturated heterocycles. The van der Waals surface area contributed by atoms with Crippen molar-refractivity contribution in [1.29, 1.82) is 0 Å². The molecule has 0 spiro atoms. The normalized spacial score (nSPS) is 12.1. The fourth-order valence-corrected chi connectivity index (χ4v) is 2.63. The summed E-state index contributed by atoms with van der Waals surface area (Å²) in [6.45, 7) is 0. The lowest BCUT2D eigenvalue weighted by Gasteiger charge is -1.97. The zero-order valence-corrected chi connectivity index (χ0v) is 8.10. The maximum Gasteiger partial charge on any atom is 0.256 e. The number of hydrogen-bond donors (Lipinski definition) is 1. The van der Waals surface area contributed by atoms with Crippen molar-refractivity contribution < 1.29 is 8.42 Å². The quantitative estimate of drug-likeness (QED) is 0.767. The van der Waals surface area contributed by atoms with Crippen LogP contribution in [0.1, 0.15) is 0 Å². The van der Waals surface area contributed by atoms with Gasteiger partial charge in [0, 0.05) is 16.3 Å².